The second-order valence-electron chi connectivity index (χ2n) is 3.92. The number of nitrogens with one attached hydrogen (secondary N) is 1. The lowest BCUT2D eigenvalue weighted by molar-refractivity contribution is 0.0696. The largest absolute Gasteiger partial charge is 0.478 e. The molecule has 0 aliphatic heterocycles. The van der Waals surface area contributed by atoms with Crippen molar-refractivity contribution in [3.63, 3.8) is 0 Å². The smallest absolute Gasteiger partial charge is 0.337 e. The first-order chi connectivity index (χ1) is 9.81. The number of hydrogen-bond acceptors (Lipinski definition) is 4. The molecule has 0 spiro atoms. The van der Waals surface area contributed by atoms with Gasteiger partial charge < -0.3 is 5.11 Å². The molecule has 1 aromatic carbocycles. The van der Waals surface area contributed by atoms with Gasteiger partial charge in [0.25, 0.3) is 10.0 Å². The van der Waals surface area contributed by atoms with Crippen LogP contribution >= 0.6 is 11.6 Å². The Labute approximate surface area is 124 Å². The molecule has 110 valence electrons. The molecule has 0 aliphatic rings. The number of nitrogens with zero attached hydrogens (tertiary/aromatic N) is 1. The van der Waals surface area contributed by atoms with Crippen LogP contribution in [0.25, 0.3) is 0 Å². The maximum absolute atomic E-state index is 13.7. The van der Waals surface area contributed by atoms with Crippen LogP contribution in [0.15, 0.2) is 41.6 Å². The fourth-order valence-electron chi connectivity index (χ4n) is 1.51. The van der Waals surface area contributed by atoms with Gasteiger partial charge in [0.15, 0.2) is 5.82 Å². The van der Waals surface area contributed by atoms with Crippen molar-refractivity contribution in [2.75, 3.05) is 4.72 Å². The molecule has 0 fully saturated rings. The number of aromatic nitrogens is 1. The van der Waals surface area contributed by atoms with Crippen molar-refractivity contribution in [2.24, 2.45) is 0 Å². The van der Waals surface area contributed by atoms with E-state index in [2.05, 4.69) is 4.98 Å². The summed E-state index contributed by atoms with van der Waals surface area (Å²) in [7, 11) is -4.25. The molecule has 2 rings (SSSR count). The maximum Gasteiger partial charge on any atom is 0.337 e. The third-order valence-electron chi connectivity index (χ3n) is 2.44. The van der Waals surface area contributed by atoms with Gasteiger partial charge in [0, 0.05) is 6.20 Å². The lowest BCUT2D eigenvalue weighted by Crippen LogP contribution is -2.15. The van der Waals surface area contributed by atoms with Crippen LogP contribution < -0.4 is 4.72 Å². The van der Waals surface area contributed by atoms with E-state index >= 15 is 0 Å². The van der Waals surface area contributed by atoms with E-state index in [9.17, 15) is 17.6 Å². The Morgan fingerprint density at radius 1 is 1.33 bits per heavy atom. The molecule has 2 aromatic rings. The molecular formula is C12H8ClFN2O4S. The molecule has 0 saturated heterocycles. The number of anilines is 1. The number of sulfonamides is 1. The lowest BCUT2D eigenvalue weighted by Gasteiger charge is -2.09. The molecule has 0 saturated carbocycles. The van der Waals surface area contributed by atoms with E-state index < -0.39 is 26.7 Å². The molecule has 0 unspecified atom stereocenters. The molecule has 21 heavy (non-hydrogen) atoms. The van der Waals surface area contributed by atoms with Crippen LogP contribution in [0.3, 0.4) is 0 Å². The summed E-state index contributed by atoms with van der Waals surface area (Å²) in [6, 6.07) is 4.60. The monoisotopic (exact) mass is 330 g/mol. The number of hydrogen-bond donors (Lipinski definition) is 2. The molecule has 0 radical (unpaired) electrons. The molecule has 0 bridgehead atoms. The van der Waals surface area contributed by atoms with E-state index in [0.29, 0.717) is 0 Å². The number of carbonyl (C=O) groups is 1. The van der Waals surface area contributed by atoms with Crippen molar-refractivity contribution in [3.8, 4) is 0 Å². The van der Waals surface area contributed by atoms with E-state index in [-0.39, 0.29) is 16.3 Å². The Balaban J connectivity index is 2.40. The summed E-state index contributed by atoms with van der Waals surface area (Å²) in [5.41, 5.74) is -0.309. The van der Waals surface area contributed by atoms with E-state index in [4.69, 9.17) is 16.7 Å². The molecule has 1 aromatic heterocycles. The second kappa shape index (κ2) is 5.66. The molecule has 6 nitrogen and oxygen atoms in total. The highest BCUT2D eigenvalue weighted by atomic mass is 35.5. The van der Waals surface area contributed by atoms with E-state index in [1.54, 1.807) is 0 Å². The minimum atomic E-state index is -4.25. The van der Waals surface area contributed by atoms with E-state index in [1.807, 2.05) is 4.72 Å². The summed E-state index contributed by atoms with van der Waals surface area (Å²) in [4.78, 5) is 13.7. The van der Waals surface area contributed by atoms with Crippen molar-refractivity contribution < 1.29 is 22.7 Å². The van der Waals surface area contributed by atoms with Gasteiger partial charge in [-0.25, -0.2) is 17.6 Å². The highest BCUT2D eigenvalue weighted by Crippen LogP contribution is 2.24. The Morgan fingerprint density at radius 2 is 2.05 bits per heavy atom. The zero-order valence-electron chi connectivity index (χ0n) is 10.2. The van der Waals surface area contributed by atoms with Gasteiger partial charge in [-0.05, 0) is 18.2 Å². The van der Waals surface area contributed by atoms with E-state index in [0.717, 1.165) is 24.5 Å². The SMILES string of the molecule is O=C(O)c1cncc(NS(=O)(=O)c2cccc(Cl)c2F)c1. The van der Waals surface area contributed by atoms with Crippen LogP contribution in [-0.4, -0.2) is 24.5 Å². The fourth-order valence-corrected chi connectivity index (χ4v) is 2.88. The highest BCUT2D eigenvalue weighted by Gasteiger charge is 2.21. The van der Waals surface area contributed by atoms with Gasteiger partial charge in [-0.15, -0.1) is 0 Å². The Hall–Kier alpha value is -2.19. The number of rotatable bonds is 4. The summed E-state index contributed by atoms with van der Waals surface area (Å²) in [5, 5.41) is 8.47. The molecular weight excluding hydrogens is 323 g/mol. The normalized spacial score (nSPS) is 11.1. The summed E-state index contributed by atoms with van der Waals surface area (Å²) in [6.45, 7) is 0. The van der Waals surface area contributed by atoms with Crippen LogP contribution in [0.5, 0.6) is 0 Å². The highest BCUT2D eigenvalue weighted by molar-refractivity contribution is 7.92. The van der Waals surface area contributed by atoms with Crippen LogP contribution in [-0.2, 0) is 10.0 Å². The first-order valence-corrected chi connectivity index (χ1v) is 7.32. The minimum absolute atomic E-state index is 0.103. The van der Waals surface area contributed by atoms with Crippen LogP contribution in [0.2, 0.25) is 5.02 Å². The Bertz CT molecular complexity index is 811. The predicted molar refractivity (Wildman–Crippen MR) is 73.4 cm³/mol. The summed E-state index contributed by atoms with van der Waals surface area (Å²) >= 11 is 5.53. The van der Waals surface area contributed by atoms with Crippen molar-refractivity contribution in [1.82, 2.24) is 4.98 Å². The molecule has 1 heterocycles. The van der Waals surface area contributed by atoms with Crippen LogP contribution in [0, 0.1) is 5.82 Å². The van der Waals surface area contributed by atoms with Crippen molar-refractivity contribution in [3.05, 3.63) is 53.1 Å². The van der Waals surface area contributed by atoms with Crippen LogP contribution in [0.1, 0.15) is 10.4 Å². The first-order valence-electron chi connectivity index (χ1n) is 5.46. The lowest BCUT2D eigenvalue weighted by atomic mass is 10.3. The third kappa shape index (κ3) is 3.29. The minimum Gasteiger partial charge on any atom is -0.478 e. The van der Waals surface area contributed by atoms with Gasteiger partial charge in [-0.1, -0.05) is 17.7 Å². The van der Waals surface area contributed by atoms with Gasteiger partial charge in [-0.3, -0.25) is 9.71 Å². The Kier molecular flexibility index (Phi) is 4.10. The fraction of sp³-hybridized carbons (Fsp3) is 0. The van der Waals surface area contributed by atoms with Crippen molar-refractivity contribution in [1.29, 1.82) is 0 Å². The van der Waals surface area contributed by atoms with Gasteiger partial charge in [0.2, 0.25) is 0 Å². The maximum atomic E-state index is 13.7. The predicted octanol–water partition coefficient (Wildman–Crippen LogP) is 2.37. The average molecular weight is 331 g/mol. The summed E-state index contributed by atoms with van der Waals surface area (Å²) in [6.07, 6.45) is 2.16. The van der Waals surface area contributed by atoms with Crippen molar-refractivity contribution in [2.45, 2.75) is 4.90 Å². The second-order valence-corrected chi connectivity index (χ2v) is 5.98. The van der Waals surface area contributed by atoms with Gasteiger partial charge >= 0.3 is 5.97 Å². The number of halogens is 2. The molecule has 9 heteroatoms. The van der Waals surface area contributed by atoms with Gasteiger partial charge in [-0.2, -0.15) is 0 Å². The van der Waals surface area contributed by atoms with E-state index in [1.165, 1.54) is 12.1 Å². The zero-order chi connectivity index (χ0) is 15.6. The standard InChI is InChI=1S/C12H8ClFN2O4S/c13-9-2-1-3-10(11(9)14)21(19,20)16-8-4-7(12(17)18)5-15-6-8/h1-6,16H,(H,17,18). The topological polar surface area (TPSA) is 96.4 Å². The average Bonchev–Trinajstić information content (AvgIpc) is 2.41. The number of carboxylic acid groups (broad SMARTS) is 1. The summed E-state index contributed by atoms with van der Waals surface area (Å²) in [5.74, 6) is -2.36. The zero-order valence-corrected chi connectivity index (χ0v) is 11.8. The molecule has 0 atom stereocenters. The van der Waals surface area contributed by atoms with Crippen LogP contribution in [0.4, 0.5) is 10.1 Å². The third-order valence-corrected chi connectivity index (χ3v) is 4.13. The number of aromatic carboxylic acids is 1. The number of benzene rings is 1. The molecule has 0 amide bonds. The quantitative estimate of drug-likeness (QED) is 0.897. The number of pyridine rings is 1. The number of carboxylic acids is 1. The molecule has 2 N–H and O–H groups in total. The van der Waals surface area contributed by atoms with Gasteiger partial charge in [0.05, 0.1) is 22.5 Å². The van der Waals surface area contributed by atoms with Crippen molar-refractivity contribution >= 4 is 33.3 Å². The Morgan fingerprint density at radius 3 is 2.71 bits per heavy atom. The first kappa shape index (κ1) is 15.2. The van der Waals surface area contributed by atoms with Gasteiger partial charge in [0.1, 0.15) is 4.90 Å². The molecule has 0 aliphatic carbocycles. The summed E-state index contributed by atoms with van der Waals surface area (Å²) < 4.78 is 39.9.